The van der Waals surface area contributed by atoms with E-state index in [0.29, 0.717) is 17.5 Å². The maximum absolute atomic E-state index is 13.2. The first-order valence-corrected chi connectivity index (χ1v) is 16.8. The Bertz CT molecular complexity index is 1610. The molecule has 2 aromatic rings. The van der Waals surface area contributed by atoms with Gasteiger partial charge in [-0.2, -0.15) is 0 Å². The Hall–Kier alpha value is -3.21. The van der Waals surface area contributed by atoms with Gasteiger partial charge in [-0.25, -0.2) is 14.6 Å². The van der Waals surface area contributed by atoms with Crippen LogP contribution in [0, 0.1) is 22.7 Å². The van der Waals surface area contributed by atoms with Gasteiger partial charge in [0.2, 0.25) is 0 Å². The molecule has 4 saturated carbocycles. The summed E-state index contributed by atoms with van der Waals surface area (Å²) in [7, 11) is 1.78. The van der Waals surface area contributed by atoms with Crippen molar-refractivity contribution in [1.29, 1.82) is 0 Å². The van der Waals surface area contributed by atoms with Crippen molar-refractivity contribution in [2.45, 2.75) is 101 Å². The molecule has 2 spiro atoms. The third-order valence-electron chi connectivity index (χ3n) is 13.3. The number of nitrogens with one attached hydrogen (secondary N) is 1. The number of hydrogen-bond acceptors (Lipinski definition) is 8. The number of aromatic nitrogens is 1. The second-order valence-corrected chi connectivity index (χ2v) is 16.0. The predicted molar refractivity (Wildman–Crippen MR) is 169 cm³/mol. The van der Waals surface area contributed by atoms with E-state index in [2.05, 4.69) is 42.0 Å². The maximum atomic E-state index is 13.2. The second-order valence-electron chi connectivity index (χ2n) is 16.0. The minimum atomic E-state index is -1.09. The second kappa shape index (κ2) is 9.67. The monoisotopic (exact) mass is 631 g/mol. The number of benzene rings is 1. The van der Waals surface area contributed by atoms with Gasteiger partial charge in [-0.05, 0) is 93.5 Å². The Labute approximate surface area is 269 Å². The normalized spacial score (nSPS) is 35.1. The van der Waals surface area contributed by atoms with Gasteiger partial charge in [0.05, 0.1) is 11.2 Å². The molecule has 1 amide bonds. The lowest BCUT2D eigenvalue weighted by atomic mass is 9.33. The minimum Gasteiger partial charge on any atom is -0.482 e. The summed E-state index contributed by atoms with van der Waals surface area (Å²) in [5.41, 5.74) is -0.100. The number of carbonyl (C=O) groups excluding carboxylic acids is 1. The summed E-state index contributed by atoms with van der Waals surface area (Å²) in [5, 5.41) is 24.2. The van der Waals surface area contributed by atoms with Crippen LogP contribution >= 0.6 is 0 Å². The highest BCUT2D eigenvalue weighted by molar-refractivity contribution is 5.89. The molecule has 3 heterocycles. The Morgan fingerprint density at radius 2 is 1.91 bits per heavy atom. The van der Waals surface area contributed by atoms with E-state index in [1.807, 2.05) is 13.0 Å². The van der Waals surface area contributed by atoms with Gasteiger partial charge >= 0.3 is 12.1 Å². The zero-order valence-electron chi connectivity index (χ0n) is 27.4. The van der Waals surface area contributed by atoms with Gasteiger partial charge in [0.25, 0.3) is 0 Å². The summed E-state index contributed by atoms with van der Waals surface area (Å²) in [5.74, 6) is 0.685. The molecule has 1 saturated heterocycles. The van der Waals surface area contributed by atoms with Gasteiger partial charge in [-0.1, -0.05) is 26.8 Å². The molecule has 2 aliphatic heterocycles. The number of aromatic carboxylic acids is 1. The highest BCUT2D eigenvalue weighted by atomic mass is 16.6. The van der Waals surface area contributed by atoms with Crippen molar-refractivity contribution in [2.75, 3.05) is 25.5 Å². The highest BCUT2D eigenvalue weighted by Gasteiger charge is 2.82. The average molecular weight is 632 g/mol. The number of amides is 1. The standard InChI is InChI=1S/C36H45N3O7/c1-32(2,3)33(4,43)24-17-34-12-13-36(24,44-5)30-35(34)14-15-39(19-20-6-7-20)25(34)16-21-8-10-23(28(46-30)27(21)35)45-31(42)38-26-11-9-22(18-37-26)29(40)41/h8-11,18,20,24-25,30,43H,6-7,12-17,19H2,1-5H3,(H,40,41)(H,37,38,42)/t24-,25-,30-,33+,34?,35?,36-/m1/s1. The van der Waals surface area contributed by atoms with Gasteiger partial charge in [-0.3, -0.25) is 10.2 Å². The van der Waals surface area contributed by atoms with Crippen molar-refractivity contribution in [1.82, 2.24) is 9.88 Å². The van der Waals surface area contributed by atoms with Crippen LogP contribution in [-0.2, 0) is 16.6 Å². The molecule has 9 rings (SSSR count). The number of anilines is 1. The molecular weight excluding hydrogens is 586 g/mol. The van der Waals surface area contributed by atoms with E-state index in [4.69, 9.17) is 14.2 Å². The molecule has 5 aliphatic carbocycles. The van der Waals surface area contributed by atoms with Crippen molar-refractivity contribution in [2.24, 2.45) is 22.7 Å². The predicted octanol–water partition coefficient (Wildman–Crippen LogP) is 5.41. The smallest absolute Gasteiger partial charge is 0.418 e. The van der Waals surface area contributed by atoms with E-state index in [-0.39, 0.29) is 39.6 Å². The van der Waals surface area contributed by atoms with Crippen LogP contribution in [0.1, 0.15) is 87.7 Å². The first kappa shape index (κ1) is 30.1. The number of carbonyl (C=O) groups is 2. The Kier molecular flexibility index (Phi) is 6.34. The van der Waals surface area contributed by atoms with Crippen LogP contribution in [0.2, 0.25) is 0 Å². The summed E-state index contributed by atoms with van der Waals surface area (Å²) in [6.07, 6.45) is 7.26. The van der Waals surface area contributed by atoms with Crippen molar-refractivity contribution < 1.29 is 34.0 Å². The van der Waals surface area contributed by atoms with E-state index in [1.165, 1.54) is 42.3 Å². The topological polar surface area (TPSA) is 130 Å². The number of nitrogens with zero attached hydrogens (tertiary/aromatic N) is 2. The summed E-state index contributed by atoms with van der Waals surface area (Å²) >= 11 is 0. The lowest BCUT2D eigenvalue weighted by molar-refractivity contribution is -0.312. The fourth-order valence-corrected chi connectivity index (χ4v) is 10.5. The number of fused-ring (bicyclic) bond motifs is 2. The van der Waals surface area contributed by atoms with E-state index < -0.39 is 23.3 Å². The number of ether oxygens (including phenoxy) is 3. The van der Waals surface area contributed by atoms with E-state index >= 15 is 0 Å². The molecular formula is C36H45N3O7. The summed E-state index contributed by atoms with van der Waals surface area (Å²) in [4.78, 5) is 31.2. The third kappa shape index (κ3) is 3.83. The number of methoxy groups -OCH3 is 1. The Morgan fingerprint density at radius 1 is 1.13 bits per heavy atom. The molecule has 3 N–H and O–H groups in total. The van der Waals surface area contributed by atoms with Crippen LogP contribution in [-0.4, -0.2) is 75.7 Å². The molecule has 0 radical (unpaired) electrons. The molecule has 7 atom stereocenters. The lowest BCUT2D eigenvalue weighted by Crippen LogP contribution is -2.83. The first-order valence-electron chi connectivity index (χ1n) is 16.8. The highest BCUT2D eigenvalue weighted by Crippen LogP contribution is 2.78. The van der Waals surface area contributed by atoms with Crippen LogP contribution in [0.15, 0.2) is 30.5 Å². The summed E-state index contributed by atoms with van der Waals surface area (Å²) < 4.78 is 19.8. The summed E-state index contributed by atoms with van der Waals surface area (Å²) in [6, 6.07) is 7.10. The number of piperidine rings is 1. The van der Waals surface area contributed by atoms with Crippen LogP contribution in [0.4, 0.5) is 10.6 Å². The maximum Gasteiger partial charge on any atom is 0.418 e. The molecule has 5 fully saturated rings. The van der Waals surface area contributed by atoms with Crippen molar-refractivity contribution >= 4 is 17.9 Å². The van der Waals surface area contributed by atoms with Gasteiger partial charge in [-0.15, -0.1) is 0 Å². The van der Waals surface area contributed by atoms with E-state index in [1.54, 1.807) is 7.11 Å². The number of carboxylic acids is 1. The Morgan fingerprint density at radius 3 is 2.57 bits per heavy atom. The zero-order valence-corrected chi connectivity index (χ0v) is 27.4. The van der Waals surface area contributed by atoms with Crippen molar-refractivity contribution in [3.05, 3.63) is 47.2 Å². The fourth-order valence-electron chi connectivity index (χ4n) is 10.5. The lowest BCUT2D eigenvalue weighted by Gasteiger charge is -2.75. The van der Waals surface area contributed by atoms with E-state index in [9.17, 15) is 19.8 Å². The fraction of sp³-hybridized carbons (Fsp3) is 0.639. The quantitative estimate of drug-likeness (QED) is 0.367. The molecule has 4 bridgehead atoms. The van der Waals surface area contributed by atoms with Crippen molar-refractivity contribution in [3.63, 3.8) is 0 Å². The number of aliphatic hydroxyl groups is 1. The third-order valence-corrected chi connectivity index (χ3v) is 13.3. The van der Waals surface area contributed by atoms with Gasteiger partial charge < -0.3 is 24.4 Å². The molecule has 10 nitrogen and oxygen atoms in total. The van der Waals surface area contributed by atoms with Gasteiger partial charge in [0, 0.05) is 48.2 Å². The van der Waals surface area contributed by atoms with Crippen LogP contribution < -0.4 is 14.8 Å². The first-order chi connectivity index (χ1) is 21.8. The zero-order chi connectivity index (χ0) is 32.4. The molecule has 7 aliphatic rings. The van der Waals surface area contributed by atoms with Gasteiger partial charge in [0.15, 0.2) is 11.5 Å². The number of carboxylic acid groups (broad SMARTS) is 1. The number of pyridine rings is 1. The van der Waals surface area contributed by atoms with Crippen molar-refractivity contribution in [3.8, 4) is 11.5 Å². The average Bonchev–Trinajstić information content (AvgIpc) is 3.75. The minimum absolute atomic E-state index is 0.0258. The summed E-state index contributed by atoms with van der Waals surface area (Å²) in [6.45, 7) is 10.5. The molecule has 46 heavy (non-hydrogen) atoms. The largest absolute Gasteiger partial charge is 0.482 e. The number of likely N-dealkylation sites (tertiary alicyclic amines) is 1. The molecule has 1 aromatic heterocycles. The SMILES string of the molecule is CO[C@]12CCC3(C[C@@H]1[C@](C)(O)C(C)(C)C)[C@H]1Cc4ccc(OC(=O)Nc5ccc(C(=O)O)cn5)c5c4C3(CCN1CC1CC1)[C@H]2O5. The Balaban J connectivity index is 1.22. The van der Waals surface area contributed by atoms with Gasteiger partial charge in [0.1, 0.15) is 17.5 Å². The molecule has 1 aromatic carbocycles. The molecule has 10 heteroatoms. The molecule has 246 valence electrons. The number of rotatable bonds is 7. The van der Waals surface area contributed by atoms with Crippen LogP contribution in [0.3, 0.4) is 0 Å². The molecule has 2 unspecified atom stereocenters. The van der Waals surface area contributed by atoms with E-state index in [0.717, 1.165) is 51.1 Å². The van der Waals surface area contributed by atoms with Crippen LogP contribution in [0.5, 0.6) is 11.5 Å². The van der Waals surface area contributed by atoms with Crippen LogP contribution in [0.25, 0.3) is 0 Å². The number of hydrogen-bond donors (Lipinski definition) is 3.